The van der Waals surface area contributed by atoms with Crippen LogP contribution in [-0.2, 0) is 11.3 Å². The van der Waals surface area contributed by atoms with E-state index in [1.807, 2.05) is 0 Å². The van der Waals surface area contributed by atoms with Crippen molar-refractivity contribution in [2.75, 3.05) is 14.1 Å². The molecule has 1 aromatic heterocycles. The molecule has 1 heterocycles. The van der Waals surface area contributed by atoms with Gasteiger partial charge in [-0.2, -0.15) is 0 Å². The van der Waals surface area contributed by atoms with E-state index in [-0.39, 0.29) is 24.4 Å². The lowest BCUT2D eigenvalue weighted by Gasteiger charge is -2.10. The number of amides is 1. The molecule has 2 aromatic rings. The first-order chi connectivity index (χ1) is 9.41. The van der Waals surface area contributed by atoms with Gasteiger partial charge >= 0.3 is 11.7 Å². The second-order valence-corrected chi connectivity index (χ2v) is 4.63. The summed E-state index contributed by atoms with van der Waals surface area (Å²) in [5.41, 5.74) is 0.391. The standard InChI is InChI=1S/C13H15N3O4/c1-15(2)10(17)6-7-16-11-8(12(18)19)4-3-5-9(11)14-13(16)20/h3-5H,6-7H2,1-2H3,(H,14,20)(H,18,19). The highest BCUT2D eigenvalue weighted by Crippen LogP contribution is 2.16. The van der Waals surface area contributed by atoms with E-state index in [9.17, 15) is 19.5 Å². The van der Waals surface area contributed by atoms with Crippen LogP contribution in [-0.4, -0.2) is 45.5 Å². The number of carbonyl (C=O) groups excluding carboxylic acids is 1. The second-order valence-electron chi connectivity index (χ2n) is 4.63. The monoisotopic (exact) mass is 277 g/mol. The zero-order valence-corrected chi connectivity index (χ0v) is 11.2. The maximum absolute atomic E-state index is 11.9. The maximum atomic E-state index is 11.9. The number of para-hydroxylation sites is 1. The molecule has 0 fully saturated rings. The number of fused-ring (bicyclic) bond motifs is 1. The van der Waals surface area contributed by atoms with E-state index in [0.29, 0.717) is 11.0 Å². The molecule has 1 aromatic carbocycles. The van der Waals surface area contributed by atoms with Crippen molar-refractivity contribution in [3.8, 4) is 0 Å². The Morgan fingerprint density at radius 1 is 1.35 bits per heavy atom. The SMILES string of the molecule is CN(C)C(=O)CCn1c(=O)[nH]c2cccc(C(=O)O)c21. The zero-order valence-electron chi connectivity index (χ0n) is 11.2. The van der Waals surface area contributed by atoms with Gasteiger partial charge in [0.1, 0.15) is 0 Å². The molecule has 0 aliphatic heterocycles. The van der Waals surface area contributed by atoms with Crippen molar-refractivity contribution < 1.29 is 14.7 Å². The molecule has 7 heteroatoms. The number of carbonyl (C=O) groups is 2. The number of aryl methyl sites for hydroxylation is 1. The molecule has 106 valence electrons. The van der Waals surface area contributed by atoms with Crippen LogP contribution in [0.4, 0.5) is 0 Å². The first kappa shape index (κ1) is 13.9. The van der Waals surface area contributed by atoms with E-state index in [1.165, 1.54) is 15.5 Å². The van der Waals surface area contributed by atoms with E-state index >= 15 is 0 Å². The number of H-pyrrole nitrogens is 1. The Hall–Kier alpha value is -2.57. The van der Waals surface area contributed by atoms with Crippen molar-refractivity contribution in [3.63, 3.8) is 0 Å². The molecule has 0 saturated heterocycles. The summed E-state index contributed by atoms with van der Waals surface area (Å²) >= 11 is 0. The molecular formula is C13H15N3O4. The molecule has 20 heavy (non-hydrogen) atoms. The van der Waals surface area contributed by atoms with Crippen LogP contribution in [0.25, 0.3) is 11.0 Å². The first-order valence-corrected chi connectivity index (χ1v) is 6.07. The van der Waals surface area contributed by atoms with Crippen LogP contribution < -0.4 is 5.69 Å². The molecule has 7 nitrogen and oxygen atoms in total. The number of imidazole rings is 1. The molecule has 0 aliphatic rings. The minimum absolute atomic E-state index is 0.0400. The first-order valence-electron chi connectivity index (χ1n) is 6.07. The van der Waals surface area contributed by atoms with E-state index in [0.717, 1.165) is 0 Å². The van der Waals surface area contributed by atoms with Gasteiger partial charge in [-0.3, -0.25) is 9.36 Å². The minimum Gasteiger partial charge on any atom is -0.478 e. The number of carboxylic acids is 1. The predicted octanol–water partition coefficient (Wildman–Crippen LogP) is 0.506. The van der Waals surface area contributed by atoms with Gasteiger partial charge in [0.05, 0.1) is 16.6 Å². The van der Waals surface area contributed by atoms with Crippen LogP contribution in [0.15, 0.2) is 23.0 Å². The predicted molar refractivity (Wildman–Crippen MR) is 72.8 cm³/mol. The third-order valence-electron chi connectivity index (χ3n) is 3.07. The summed E-state index contributed by atoms with van der Waals surface area (Å²) in [6.45, 7) is 0.139. The van der Waals surface area contributed by atoms with E-state index in [1.54, 1.807) is 26.2 Å². The highest BCUT2D eigenvalue weighted by Gasteiger charge is 2.16. The normalized spacial score (nSPS) is 10.7. The molecule has 0 spiro atoms. The molecule has 1 amide bonds. The lowest BCUT2D eigenvalue weighted by atomic mass is 10.2. The zero-order chi connectivity index (χ0) is 14.9. The van der Waals surface area contributed by atoms with Gasteiger partial charge in [-0.1, -0.05) is 6.07 Å². The number of rotatable bonds is 4. The lowest BCUT2D eigenvalue weighted by molar-refractivity contribution is -0.128. The van der Waals surface area contributed by atoms with Crippen LogP contribution >= 0.6 is 0 Å². The number of aromatic carboxylic acids is 1. The summed E-state index contributed by atoms with van der Waals surface area (Å²) in [6, 6.07) is 4.63. The van der Waals surface area contributed by atoms with Crippen molar-refractivity contribution in [3.05, 3.63) is 34.2 Å². The van der Waals surface area contributed by atoms with Gasteiger partial charge in [-0.25, -0.2) is 9.59 Å². The average molecular weight is 277 g/mol. The number of nitrogens with one attached hydrogen (secondary N) is 1. The Kier molecular flexibility index (Phi) is 3.60. The number of nitrogens with zero attached hydrogens (tertiary/aromatic N) is 2. The topological polar surface area (TPSA) is 95.4 Å². The summed E-state index contributed by atoms with van der Waals surface area (Å²) in [5, 5.41) is 9.18. The van der Waals surface area contributed by atoms with Gasteiger partial charge in [0.15, 0.2) is 0 Å². The summed E-state index contributed by atoms with van der Waals surface area (Å²) in [4.78, 5) is 38.7. The number of benzene rings is 1. The Balaban J connectivity index is 2.47. The number of aromatic nitrogens is 2. The van der Waals surface area contributed by atoms with Crippen molar-refractivity contribution in [1.82, 2.24) is 14.5 Å². The van der Waals surface area contributed by atoms with E-state index < -0.39 is 11.7 Å². The van der Waals surface area contributed by atoms with Crippen molar-refractivity contribution >= 4 is 22.9 Å². The third kappa shape index (κ3) is 2.42. The molecule has 2 N–H and O–H groups in total. The van der Waals surface area contributed by atoms with Crippen molar-refractivity contribution in [2.45, 2.75) is 13.0 Å². The van der Waals surface area contributed by atoms with E-state index in [2.05, 4.69) is 4.98 Å². The number of hydrogen-bond donors (Lipinski definition) is 2. The van der Waals surface area contributed by atoms with Gasteiger partial charge < -0.3 is 15.0 Å². The molecule has 0 radical (unpaired) electrons. The second kappa shape index (κ2) is 5.20. The third-order valence-corrected chi connectivity index (χ3v) is 3.07. The van der Waals surface area contributed by atoms with Crippen molar-refractivity contribution in [2.24, 2.45) is 0 Å². The van der Waals surface area contributed by atoms with Gasteiger partial charge in [-0.15, -0.1) is 0 Å². The fraction of sp³-hybridized carbons (Fsp3) is 0.308. The van der Waals surface area contributed by atoms with Crippen molar-refractivity contribution in [1.29, 1.82) is 0 Å². The van der Waals surface area contributed by atoms with Crippen LogP contribution in [0.5, 0.6) is 0 Å². The maximum Gasteiger partial charge on any atom is 0.337 e. The summed E-state index contributed by atoms with van der Waals surface area (Å²) in [7, 11) is 3.26. The van der Waals surface area contributed by atoms with Gasteiger partial charge in [0, 0.05) is 27.1 Å². The average Bonchev–Trinajstić information content (AvgIpc) is 2.70. The molecular weight excluding hydrogens is 262 g/mol. The number of hydrogen-bond acceptors (Lipinski definition) is 3. The summed E-state index contributed by atoms with van der Waals surface area (Å²) < 4.78 is 1.29. The molecule has 0 bridgehead atoms. The van der Waals surface area contributed by atoms with Crippen LogP contribution in [0, 0.1) is 0 Å². The van der Waals surface area contributed by atoms with Gasteiger partial charge in [0.2, 0.25) is 5.91 Å². The smallest absolute Gasteiger partial charge is 0.337 e. The van der Waals surface area contributed by atoms with Gasteiger partial charge in [-0.05, 0) is 12.1 Å². The number of carboxylic acid groups (broad SMARTS) is 1. The quantitative estimate of drug-likeness (QED) is 0.851. The van der Waals surface area contributed by atoms with Crippen LogP contribution in [0.2, 0.25) is 0 Å². The molecule has 0 aliphatic carbocycles. The van der Waals surface area contributed by atoms with Crippen LogP contribution in [0.1, 0.15) is 16.8 Å². The Morgan fingerprint density at radius 2 is 2.05 bits per heavy atom. The number of aromatic amines is 1. The van der Waals surface area contributed by atoms with E-state index in [4.69, 9.17) is 0 Å². The highest BCUT2D eigenvalue weighted by atomic mass is 16.4. The summed E-state index contributed by atoms with van der Waals surface area (Å²) in [5.74, 6) is -1.23. The van der Waals surface area contributed by atoms with Crippen LogP contribution in [0.3, 0.4) is 0 Å². The molecule has 2 rings (SSSR count). The molecule has 0 unspecified atom stereocenters. The minimum atomic E-state index is -1.11. The molecule has 0 saturated carbocycles. The van der Waals surface area contributed by atoms with Gasteiger partial charge in [0.25, 0.3) is 0 Å². The Bertz CT molecular complexity index is 727. The fourth-order valence-electron chi connectivity index (χ4n) is 2.04. The Morgan fingerprint density at radius 3 is 2.65 bits per heavy atom. The Labute approximate surface area is 114 Å². The fourth-order valence-corrected chi connectivity index (χ4v) is 2.04. The summed E-state index contributed by atoms with van der Waals surface area (Å²) in [6.07, 6.45) is 0.133. The lowest BCUT2D eigenvalue weighted by Crippen LogP contribution is -2.25. The molecule has 0 atom stereocenters. The largest absolute Gasteiger partial charge is 0.478 e. The highest BCUT2D eigenvalue weighted by molar-refractivity contribution is 6.01.